The van der Waals surface area contributed by atoms with E-state index in [0.717, 1.165) is 6.42 Å². The number of hydrogen-bond donors (Lipinski definition) is 1. The lowest BCUT2D eigenvalue weighted by atomic mass is 9.48. The van der Waals surface area contributed by atoms with Crippen molar-refractivity contribution in [2.75, 3.05) is 13.2 Å². The largest absolute Gasteiger partial charge is 0.464 e. The van der Waals surface area contributed by atoms with Crippen molar-refractivity contribution in [3.8, 4) is 0 Å². The molecule has 4 aliphatic rings. The van der Waals surface area contributed by atoms with Crippen molar-refractivity contribution in [3.05, 3.63) is 0 Å². The summed E-state index contributed by atoms with van der Waals surface area (Å²) in [6, 6.07) is 0. The molecule has 0 aliphatic heterocycles. The predicted molar refractivity (Wildman–Crippen MR) is 75.9 cm³/mol. The number of rotatable bonds is 8. The van der Waals surface area contributed by atoms with Gasteiger partial charge in [0.05, 0.1) is 17.6 Å². The maximum absolute atomic E-state index is 12.7. The fourth-order valence-corrected chi connectivity index (χ4v) is 5.17. The van der Waals surface area contributed by atoms with Gasteiger partial charge in [-0.3, -0.25) is 9.59 Å². The molecule has 0 saturated heterocycles. The normalized spacial score (nSPS) is 38.2. The van der Waals surface area contributed by atoms with E-state index >= 15 is 0 Å². The molecular formula is C16H22F2O6. The van der Waals surface area contributed by atoms with E-state index < -0.39 is 36.3 Å². The van der Waals surface area contributed by atoms with Gasteiger partial charge in [0.1, 0.15) is 6.61 Å². The van der Waals surface area contributed by atoms with Gasteiger partial charge in [-0.25, -0.2) is 0 Å². The molecule has 0 aromatic rings. The van der Waals surface area contributed by atoms with Crippen LogP contribution in [0.1, 0.15) is 38.5 Å². The third-order valence-corrected chi connectivity index (χ3v) is 5.50. The maximum Gasteiger partial charge on any atom is 0.345 e. The zero-order chi connectivity index (χ0) is 17.4. The minimum Gasteiger partial charge on any atom is -0.464 e. The zero-order valence-electron chi connectivity index (χ0n) is 13.3. The fraction of sp³-hybridized carbons (Fsp3) is 0.875. The summed E-state index contributed by atoms with van der Waals surface area (Å²) in [7, 11) is 0. The molecule has 0 radical (unpaired) electrons. The van der Waals surface area contributed by atoms with E-state index in [4.69, 9.17) is 4.74 Å². The molecule has 1 N–H and O–H groups in total. The van der Waals surface area contributed by atoms with Crippen molar-refractivity contribution < 1.29 is 37.7 Å². The van der Waals surface area contributed by atoms with Crippen LogP contribution >= 0.6 is 0 Å². The highest BCUT2D eigenvalue weighted by Crippen LogP contribution is 2.62. The molecule has 0 heterocycles. The van der Waals surface area contributed by atoms with E-state index in [2.05, 4.69) is 9.47 Å². The van der Waals surface area contributed by atoms with Gasteiger partial charge in [0.25, 0.3) is 6.47 Å². The summed E-state index contributed by atoms with van der Waals surface area (Å²) in [5.41, 5.74) is -1.58. The second-order valence-corrected chi connectivity index (χ2v) is 7.52. The molecule has 4 fully saturated rings. The van der Waals surface area contributed by atoms with Gasteiger partial charge in [-0.15, -0.1) is 0 Å². The smallest absolute Gasteiger partial charge is 0.345 e. The number of aliphatic hydroxyl groups is 1. The Morgan fingerprint density at radius 1 is 1.21 bits per heavy atom. The van der Waals surface area contributed by atoms with Gasteiger partial charge in [-0.05, 0) is 50.4 Å². The molecule has 8 heteroatoms. The molecule has 0 spiro atoms. The number of hydrogen-bond acceptors (Lipinski definition) is 6. The molecule has 0 aromatic carbocycles. The first-order valence-corrected chi connectivity index (χ1v) is 8.23. The van der Waals surface area contributed by atoms with Crippen LogP contribution in [0, 0.1) is 17.3 Å². The Morgan fingerprint density at radius 2 is 1.88 bits per heavy atom. The van der Waals surface area contributed by atoms with Gasteiger partial charge >= 0.3 is 12.6 Å². The summed E-state index contributed by atoms with van der Waals surface area (Å²) in [6.07, 6.45) is 3.02. The van der Waals surface area contributed by atoms with Gasteiger partial charge in [-0.2, -0.15) is 8.78 Å². The molecule has 4 rings (SSSR count). The first kappa shape index (κ1) is 17.5. The van der Waals surface area contributed by atoms with Gasteiger partial charge in [0.15, 0.2) is 6.10 Å². The Labute approximate surface area is 138 Å². The van der Waals surface area contributed by atoms with Crippen LogP contribution in [0.5, 0.6) is 0 Å². The van der Waals surface area contributed by atoms with E-state index in [1.807, 2.05) is 0 Å². The maximum atomic E-state index is 12.7. The molecular weight excluding hydrogens is 326 g/mol. The van der Waals surface area contributed by atoms with Gasteiger partial charge < -0.3 is 19.3 Å². The van der Waals surface area contributed by atoms with Crippen molar-refractivity contribution in [2.24, 2.45) is 17.3 Å². The number of ether oxygens (including phenoxy) is 3. The second-order valence-electron chi connectivity index (χ2n) is 7.52. The summed E-state index contributed by atoms with van der Waals surface area (Å²) in [4.78, 5) is 23.0. The molecule has 24 heavy (non-hydrogen) atoms. The van der Waals surface area contributed by atoms with Crippen LogP contribution in [0.3, 0.4) is 0 Å². The van der Waals surface area contributed by atoms with Crippen LogP contribution < -0.4 is 0 Å². The van der Waals surface area contributed by atoms with E-state index in [1.165, 1.54) is 0 Å². The highest BCUT2D eigenvalue weighted by molar-refractivity contribution is 5.78. The third kappa shape index (κ3) is 3.54. The first-order chi connectivity index (χ1) is 11.3. The van der Waals surface area contributed by atoms with Crippen LogP contribution in [-0.4, -0.2) is 49.1 Å². The van der Waals surface area contributed by atoms with Crippen LogP contribution in [0.4, 0.5) is 8.78 Å². The Balaban J connectivity index is 1.66. The van der Waals surface area contributed by atoms with Gasteiger partial charge in [0.2, 0.25) is 0 Å². The minimum atomic E-state index is -3.00. The quantitative estimate of drug-likeness (QED) is 0.530. The standard InChI is InChI=1S/C16H22F2O6/c17-14(18)23-7-12(6-22-9-19)24-13(20)15-2-10-1-11(3-15)5-16(21,4-10)8-15/h9-12,14,21H,1-8H2. The molecule has 3 atom stereocenters. The highest BCUT2D eigenvalue weighted by Gasteiger charge is 2.61. The summed E-state index contributed by atoms with van der Waals surface area (Å²) in [6.45, 7) is -3.72. The van der Waals surface area contributed by atoms with Crippen molar-refractivity contribution in [2.45, 2.75) is 56.8 Å². The van der Waals surface area contributed by atoms with E-state index in [9.17, 15) is 23.5 Å². The van der Waals surface area contributed by atoms with Crippen molar-refractivity contribution in [1.82, 2.24) is 0 Å². The Hall–Kier alpha value is -1.28. The lowest BCUT2D eigenvalue weighted by Gasteiger charge is -2.58. The van der Waals surface area contributed by atoms with Gasteiger partial charge in [-0.1, -0.05) is 0 Å². The third-order valence-electron chi connectivity index (χ3n) is 5.50. The number of esters is 1. The highest BCUT2D eigenvalue weighted by atomic mass is 19.3. The Bertz CT molecular complexity index is 483. The lowest BCUT2D eigenvalue weighted by molar-refractivity contribution is -0.209. The van der Waals surface area contributed by atoms with Crippen molar-refractivity contribution in [3.63, 3.8) is 0 Å². The fourth-order valence-electron chi connectivity index (χ4n) is 5.17. The molecule has 3 unspecified atom stereocenters. The monoisotopic (exact) mass is 348 g/mol. The van der Waals surface area contributed by atoms with E-state index in [1.54, 1.807) is 0 Å². The van der Waals surface area contributed by atoms with E-state index in [-0.39, 0.29) is 13.1 Å². The van der Waals surface area contributed by atoms with Crippen LogP contribution in [0.2, 0.25) is 0 Å². The molecule has 4 bridgehead atoms. The minimum absolute atomic E-state index is 0.163. The second kappa shape index (κ2) is 6.55. The number of halogens is 2. The zero-order valence-corrected chi connectivity index (χ0v) is 13.3. The molecule has 6 nitrogen and oxygen atoms in total. The molecule has 4 aliphatic carbocycles. The summed E-state index contributed by atoms with van der Waals surface area (Å²) in [5, 5.41) is 10.7. The topological polar surface area (TPSA) is 82.1 Å². The summed E-state index contributed by atoms with van der Waals surface area (Å²) < 4.78 is 38.5. The van der Waals surface area contributed by atoms with Crippen molar-refractivity contribution >= 4 is 12.4 Å². The Kier molecular flexibility index (Phi) is 4.79. The first-order valence-electron chi connectivity index (χ1n) is 8.23. The SMILES string of the molecule is O=COCC(COC(F)F)OC(=O)C12CC3CC(CC(O)(C3)C1)C2. The number of carbonyl (C=O) groups is 2. The van der Waals surface area contributed by atoms with Gasteiger partial charge in [0, 0.05) is 0 Å². The van der Waals surface area contributed by atoms with Crippen LogP contribution in [0.15, 0.2) is 0 Å². The van der Waals surface area contributed by atoms with E-state index in [0.29, 0.717) is 43.9 Å². The molecule has 0 aromatic heterocycles. The molecule has 4 saturated carbocycles. The predicted octanol–water partition coefficient (Wildman–Crippen LogP) is 1.64. The van der Waals surface area contributed by atoms with Crippen molar-refractivity contribution in [1.29, 1.82) is 0 Å². The summed E-state index contributed by atoms with van der Waals surface area (Å²) in [5.74, 6) is 0.0870. The number of carbonyl (C=O) groups excluding carboxylic acids is 2. The molecule has 0 amide bonds. The average Bonchev–Trinajstić information content (AvgIpc) is 2.47. The molecule has 136 valence electrons. The van der Waals surface area contributed by atoms with Crippen LogP contribution in [0.25, 0.3) is 0 Å². The van der Waals surface area contributed by atoms with Crippen LogP contribution in [-0.2, 0) is 23.8 Å². The lowest BCUT2D eigenvalue weighted by Crippen LogP contribution is -2.59. The summed E-state index contributed by atoms with van der Waals surface area (Å²) >= 11 is 0. The Morgan fingerprint density at radius 3 is 2.42 bits per heavy atom. The average molecular weight is 348 g/mol. The number of alkyl halides is 2.